The van der Waals surface area contributed by atoms with E-state index >= 15 is 0 Å². The first kappa shape index (κ1) is 14.4. The number of rotatable bonds is 4. The lowest BCUT2D eigenvalue weighted by molar-refractivity contribution is -0.124. The molecule has 0 spiro atoms. The first-order chi connectivity index (χ1) is 10.5. The van der Waals surface area contributed by atoms with Gasteiger partial charge in [0.2, 0.25) is 5.91 Å². The van der Waals surface area contributed by atoms with Crippen LogP contribution in [0.4, 0.5) is 8.78 Å². The number of hydrogen-bond acceptors (Lipinski definition) is 2. The topological polar surface area (TPSA) is 41.1 Å². The Bertz CT molecular complexity index is 625. The lowest BCUT2D eigenvalue weighted by Crippen LogP contribution is -2.44. The first-order valence-electron chi connectivity index (χ1n) is 7.74. The minimum Gasteiger partial charge on any atom is -0.348 e. The quantitative estimate of drug-likeness (QED) is 0.835. The smallest absolute Gasteiger partial charge is 0.237 e. The fraction of sp³-hybridized carbons (Fsp3) is 0.562. The van der Waals surface area contributed by atoms with E-state index in [2.05, 4.69) is 10.6 Å². The molecule has 6 heteroatoms. The maximum Gasteiger partial charge on any atom is 0.237 e. The number of halogens is 3. The van der Waals surface area contributed by atoms with Gasteiger partial charge in [-0.1, -0.05) is 11.6 Å². The van der Waals surface area contributed by atoms with Crippen LogP contribution in [-0.2, 0) is 4.79 Å². The predicted molar refractivity (Wildman–Crippen MR) is 78.4 cm³/mol. The molecule has 3 nitrogen and oxygen atoms in total. The fourth-order valence-corrected chi connectivity index (χ4v) is 3.58. The standard InChI is InChI=1S/C16H17ClF2N2O/c17-10-6-11(18)9(5-12(10)19)15(7-1-2-7)21-16(22)14-4-8-3-13(8)20-14/h5-8,13-15,20H,1-4H2,(H,21,22)/t8?,13-,14?,15-/m1/s1. The molecule has 1 aromatic rings. The highest BCUT2D eigenvalue weighted by molar-refractivity contribution is 6.30. The second kappa shape index (κ2) is 5.17. The third-order valence-electron chi connectivity index (χ3n) is 4.96. The van der Waals surface area contributed by atoms with Crippen LogP contribution in [0.15, 0.2) is 12.1 Å². The van der Waals surface area contributed by atoms with Crippen LogP contribution in [0.3, 0.4) is 0 Å². The van der Waals surface area contributed by atoms with Gasteiger partial charge in [0.25, 0.3) is 0 Å². The molecule has 0 bridgehead atoms. The van der Waals surface area contributed by atoms with Crippen LogP contribution in [-0.4, -0.2) is 18.0 Å². The Kier molecular flexibility index (Phi) is 3.38. The van der Waals surface area contributed by atoms with Gasteiger partial charge in [-0.25, -0.2) is 8.78 Å². The van der Waals surface area contributed by atoms with Crippen LogP contribution in [0, 0.1) is 23.5 Å². The highest BCUT2D eigenvalue weighted by Gasteiger charge is 2.48. The van der Waals surface area contributed by atoms with Gasteiger partial charge in [0.1, 0.15) is 11.6 Å². The molecule has 4 atom stereocenters. The Labute approximate surface area is 132 Å². The maximum absolute atomic E-state index is 14.1. The lowest BCUT2D eigenvalue weighted by atomic mass is 10.0. The van der Waals surface area contributed by atoms with Crippen molar-refractivity contribution in [1.82, 2.24) is 10.6 Å². The summed E-state index contributed by atoms with van der Waals surface area (Å²) in [5.74, 6) is -0.544. The molecule has 22 heavy (non-hydrogen) atoms. The molecule has 2 unspecified atom stereocenters. The van der Waals surface area contributed by atoms with Crippen molar-refractivity contribution in [3.05, 3.63) is 34.4 Å². The normalized spacial score (nSPS) is 30.8. The summed E-state index contributed by atoms with van der Waals surface area (Å²) >= 11 is 5.60. The van der Waals surface area contributed by atoms with Crippen LogP contribution in [0.1, 0.15) is 37.3 Å². The van der Waals surface area contributed by atoms with Crippen LogP contribution in [0.5, 0.6) is 0 Å². The Morgan fingerprint density at radius 3 is 2.68 bits per heavy atom. The highest BCUT2D eigenvalue weighted by Crippen LogP contribution is 2.44. The molecular formula is C16H17ClF2N2O. The maximum atomic E-state index is 14.1. The number of carbonyl (C=O) groups excluding carboxylic acids is 1. The van der Waals surface area contributed by atoms with E-state index in [1.807, 2.05) is 0 Å². The molecule has 1 heterocycles. The van der Waals surface area contributed by atoms with E-state index in [9.17, 15) is 13.6 Å². The third kappa shape index (κ3) is 2.61. The first-order valence-corrected chi connectivity index (χ1v) is 8.11. The lowest BCUT2D eigenvalue weighted by Gasteiger charge is -2.22. The average molecular weight is 327 g/mol. The van der Waals surface area contributed by atoms with Gasteiger partial charge < -0.3 is 10.6 Å². The molecule has 118 valence electrons. The number of carbonyl (C=O) groups is 1. The van der Waals surface area contributed by atoms with Crippen molar-refractivity contribution < 1.29 is 13.6 Å². The van der Waals surface area contributed by atoms with Crippen molar-refractivity contribution in [1.29, 1.82) is 0 Å². The van der Waals surface area contributed by atoms with Crippen LogP contribution in [0.2, 0.25) is 5.02 Å². The molecule has 0 aromatic heterocycles. The van der Waals surface area contributed by atoms with Crippen molar-refractivity contribution >= 4 is 17.5 Å². The summed E-state index contributed by atoms with van der Waals surface area (Å²) in [4.78, 5) is 12.4. The molecule has 4 rings (SSSR count). The molecule has 1 aromatic carbocycles. The summed E-state index contributed by atoms with van der Waals surface area (Å²) in [5.41, 5.74) is 0.195. The van der Waals surface area contributed by atoms with Gasteiger partial charge in [0, 0.05) is 11.6 Å². The van der Waals surface area contributed by atoms with Crippen molar-refractivity contribution in [3.63, 3.8) is 0 Å². The number of benzene rings is 1. The van der Waals surface area contributed by atoms with Gasteiger partial charge in [-0.2, -0.15) is 0 Å². The molecule has 3 aliphatic rings. The molecular weight excluding hydrogens is 310 g/mol. The second-order valence-electron chi connectivity index (χ2n) is 6.67. The van der Waals surface area contributed by atoms with Gasteiger partial charge in [-0.3, -0.25) is 4.79 Å². The largest absolute Gasteiger partial charge is 0.348 e. The minimum absolute atomic E-state index is 0.112. The fourth-order valence-electron chi connectivity index (χ4n) is 3.43. The molecule has 1 amide bonds. The number of nitrogens with one attached hydrogen (secondary N) is 2. The SMILES string of the molecule is O=C(N[C@@H](c1cc(F)c(Cl)cc1F)C1CC1)C1CC2C[C@H]2N1. The second-order valence-corrected chi connectivity index (χ2v) is 7.08. The summed E-state index contributed by atoms with van der Waals surface area (Å²) < 4.78 is 27.8. The molecule has 0 radical (unpaired) electrons. The average Bonchev–Trinajstić information content (AvgIpc) is 3.40. The van der Waals surface area contributed by atoms with Crippen LogP contribution in [0.25, 0.3) is 0 Å². The Balaban J connectivity index is 1.53. The molecule has 2 aliphatic carbocycles. The monoisotopic (exact) mass is 326 g/mol. The van der Waals surface area contributed by atoms with Crippen molar-refractivity contribution in [2.45, 2.75) is 43.8 Å². The highest BCUT2D eigenvalue weighted by atomic mass is 35.5. The Morgan fingerprint density at radius 1 is 1.27 bits per heavy atom. The molecule has 3 fully saturated rings. The van der Waals surface area contributed by atoms with Gasteiger partial charge in [-0.05, 0) is 49.7 Å². The van der Waals surface area contributed by atoms with Gasteiger partial charge in [0.05, 0.1) is 17.1 Å². The molecule has 2 saturated carbocycles. The van der Waals surface area contributed by atoms with Crippen molar-refractivity contribution in [3.8, 4) is 0 Å². The minimum atomic E-state index is -0.654. The van der Waals surface area contributed by atoms with E-state index in [0.717, 1.165) is 37.8 Å². The Hall–Kier alpha value is -1.20. The Morgan fingerprint density at radius 2 is 2.05 bits per heavy atom. The summed E-state index contributed by atoms with van der Waals surface area (Å²) in [6, 6.07) is 1.89. The van der Waals surface area contributed by atoms with Crippen molar-refractivity contribution in [2.75, 3.05) is 0 Å². The molecule has 2 N–H and O–H groups in total. The van der Waals surface area contributed by atoms with Crippen LogP contribution >= 0.6 is 11.6 Å². The molecule has 1 aliphatic heterocycles. The van der Waals surface area contributed by atoms with Gasteiger partial charge >= 0.3 is 0 Å². The third-order valence-corrected chi connectivity index (χ3v) is 5.25. The number of piperidine rings is 1. The zero-order valence-electron chi connectivity index (χ0n) is 11.9. The number of amides is 1. The van der Waals surface area contributed by atoms with Gasteiger partial charge in [-0.15, -0.1) is 0 Å². The number of hydrogen-bond donors (Lipinski definition) is 2. The van der Waals surface area contributed by atoms with E-state index in [4.69, 9.17) is 11.6 Å². The molecule has 1 saturated heterocycles. The summed E-state index contributed by atoms with van der Waals surface area (Å²) in [7, 11) is 0. The van der Waals surface area contributed by atoms with Gasteiger partial charge in [0.15, 0.2) is 0 Å². The van der Waals surface area contributed by atoms with E-state index in [-0.39, 0.29) is 28.5 Å². The summed E-state index contributed by atoms with van der Waals surface area (Å²) in [6.45, 7) is 0. The summed E-state index contributed by atoms with van der Waals surface area (Å²) in [5, 5.41) is 5.96. The van der Waals surface area contributed by atoms with E-state index in [1.54, 1.807) is 0 Å². The zero-order chi connectivity index (χ0) is 15.4. The summed E-state index contributed by atoms with van der Waals surface area (Å²) in [6.07, 6.45) is 3.81. The van der Waals surface area contributed by atoms with E-state index in [1.165, 1.54) is 0 Å². The number of fused-ring (bicyclic) bond motifs is 1. The predicted octanol–water partition coefficient (Wildman–Crippen LogP) is 2.94. The van der Waals surface area contributed by atoms with Crippen molar-refractivity contribution in [2.24, 2.45) is 11.8 Å². The zero-order valence-corrected chi connectivity index (χ0v) is 12.7. The van der Waals surface area contributed by atoms with Crippen LogP contribution < -0.4 is 10.6 Å². The van der Waals surface area contributed by atoms with E-state index < -0.39 is 17.7 Å². The van der Waals surface area contributed by atoms with E-state index in [0.29, 0.717) is 12.0 Å².